The Morgan fingerprint density at radius 2 is 0.685 bits per heavy atom. The zero-order valence-electron chi connectivity index (χ0n) is 53.8. The zero-order chi connectivity index (χ0) is 66.5. The fraction of sp³-hybridized carbons (Fsp3) is 0.864. The van der Waals surface area contributed by atoms with Crippen molar-refractivity contribution < 1.29 is 128 Å². The van der Waals surface area contributed by atoms with Crippen molar-refractivity contribution in [1.82, 2.24) is 19.6 Å². The van der Waals surface area contributed by atoms with E-state index in [1.807, 2.05) is 18.2 Å². The lowest BCUT2D eigenvalue weighted by atomic mass is 10.0. The van der Waals surface area contributed by atoms with Crippen molar-refractivity contribution >= 4 is 11.6 Å². The van der Waals surface area contributed by atoms with Gasteiger partial charge in [0.2, 0.25) is 5.75 Å². The number of para-hydroxylation sites is 1. The van der Waals surface area contributed by atoms with Gasteiger partial charge in [-0.2, -0.15) is 0 Å². The number of methoxy groups -OCH3 is 3. The largest absolute Gasteiger partial charge is 0.493 e. The van der Waals surface area contributed by atoms with Gasteiger partial charge in [0, 0.05) is 131 Å². The van der Waals surface area contributed by atoms with Crippen LogP contribution in [0.1, 0.15) is 38.5 Å². The number of nitrogens with zero attached hydrogens (tertiary/aromatic N) is 4. The molecule has 0 radical (unpaired) electrons. The molecule has 0 heterocycles. The maximum Gasteiger partial charge on any atom is 0.203 e. The van der Waals surface area contributed by atoms with E-state index in [9.17, 15) is 9.59 Å². The number of hydrogen-bond acceptors (Lipinski definition) is 30. The van der Waals surface area contributed by atoms with Crippen LogP contribution in [0.15, 0.2) is 18.2 Å². The van der Waals surface area contributed by atoms with Crippen molar-refractivity contribution in [2.24, 2.45) is 0 Å². The molecule has 0 aliphatic heterocycles. The molecule has 1 rings (SSSR count). The molecule has 0 amide bonds. The Morgan fingerprint density at radius 3 is 1.02 bits per heavy atom. The van der Waals surface area contributed by atoms with Crippen LogP contribution in [-0.2, 0) is 52.2 Å². The zero-order valence-corrected chi connectivity index (χ0v) is 53.8. The highest BCUT2D eigenvalue weighted by Crippen LogP contribution is 2.36. The first-order chi connectivity index (χ1) is 43.4. The first kappa shape index (κ1) is 90.2. The SMILES string of the molecule is COCCCN(CCC(=O)CCO)CCC(=O)CCO.COc1cccc(OC)c1OCCOCCOCCN(CCOCCO)CCOCCO.OCCCN(CCOCCOCCO)CCOCCOCCO.OCCN(CCO)C(CO)(CO)CO. The number of β-amino-alcohol motifs (C(OH)–C–C–N with tert-alkyl or cyclic N) is 2. The molecule has 0 aliphatic rings. The molecule has 0 aliphatic carbocycles. The van der Waals surface area contributed by atoms with Gasteiger partial charge in [0.15, 0.2) is 11.5 Å². The van der Waals surface area contributed by atoms with Gasteiger partial charge in [-0.15, -0.1) is 0 Å². The average Bonchev–Trinajstić information content (AvgIpc) is 3.74. The number of aliphatic hydroxyl groups excluding tert-OH is 12. The van der Waals surface area contributed by atoms with Crippen LogP contribution in [0.2, 0.25) is 0 Å². The van der Waals surface area contributed by atoms with Gasteiger partial charge in [-0.05, 0) is 25.0 Å². The molecule has 0 bridgehead atoms. The van der Waals surface area contributed by atoms with Gasteiger partial charge >= 0.3 is 0 Å². The van der Waals surface area contributed by atoms with Crippen LogP contribution < -0.4 is 14.2 Å². The number of ether oxygens (including phenoxy) is 12. The Hall–Kier alpha value is -3.04. The number of aliphatic hydroxyl groups is 12. The average molecular weight is 1300 g/mol. The Bertz CT molecular complexity index is 1530. The monoisotopic (exact) mass is 1300 g/mol. The lowest BCUT2D eigenvalue weighted by Crippen LogP contribution is -2.58. The Labute approximate surface area is 528 Å². The lowest BCUT2D eigenvalue weighted by Gasteiger charge is -2.39. The van der Waals surface area contributed by atoms with E-state index in [2.05, 4.69) is 14.7 Å². The first-order valence-corrected chi connectivity index (χ1v) is 30.7. The second kappa shape index (κ2) is 70.8. The fourth-order valence-corrected chi connectivity index (χ4v) is 7.63. The molecule has 89 heavy (non-hydrogen) atoms. The third kappa shape index (κ3) is 55.2. The topological polar surface area (TPSA) is 401 Å². The summed E-state index contributed by atoms with van der Waals surface area (Å²) in [5, 5.41) is 106. The number of Topliss-reactive ketones (excluding diaryl/α,β-unsaturated/α-hetero) is 2. The van der Waals surface area contributed by atoms with Crippen molar-refractivity contribution in [3.8, 4) is 17.2 Å². The second-order valence-corrected chi connectivity index (χ2v) is 19.2. The minimum atomic E-state index is -1.18. The molecule has 530 valence electrons. The number of hydrogen-bond donors (Lipinski definition) is 12. The van der Waals surface area contributed by atoms with Crippen LogP contribution in [0, 0.1) is 0 Å². The highest BCUT2D eigenvalue weighted by molar-refractivity contribution is 5.79. The molecule has 0 saturated heterocycles. The summed E-state index contributed by atoms with van der Waals surface area (Å²) in [6.07, 6.45) is 2.73. The first-order valence-electron chi connectivity index (χ1n) is 30.7. The van der Waals surface area contributed by atoms with E-state index in [1.165, 1.54) is 4.90 Å². The smallest absolute Gasteiger partial charge is 0.203 e. The maximum absolute atomic E-state index is 11.4. The van der Waals surface area contributed by atoms with Crippen molar-refractivity contribution in [2.75, 3.05) is 292 Å². The lowest BCUT2D eigenvalue weighted by molar-refractivity contribution is -0.120. The van der Waals surface area contributed by atoms with Crippen LogP contribution in [0.3, 0.4) is 0 Å². The molecule has 0 aromatic heterocycles. The molecule has 0 saturated carbocycles. The standard InChI is InChI=1S/C22H39NO9.C15H33NO7.C14H27NO5.C8H19NO5/c1-26-20-4-3-5-21(27-2)22(20)32-19-18-31-17-16-30-13-8-23(6-11-28-14-9-24)7-12-29-15-10-25;17-5-1-2-16(3-8-20-12-14-22-10-6-18)4-9-21-13-15-23-11-7-19;1-20-12-2-7-15(8-3-13(18)5-10-16)9-4-14(19)6-11-17;10-3-1-9(2-4-11)8(5-12,6-13)7-14/h3-5,24-25H,6-19H2,1-2H3;17-19H,1-15H2;16-17H,2-12H2,1H3;10-14H,1-7H2. The Kier molecular flexibility index (Phi) is 71.7. The van der Waals surface area contributed by atoms with E-state index < -0.39 is 25.4 Å². The van der Waals surface area contributed by atoms with Crippen molar-refractivity contribution in [3.05, 3.63) is 18.2 Å². The van der Waals surface area contributed by atoms with Crippen LogP contribution in [0.4, 0.5) is 0 Å². The molecule has 12 N–H and O–H groups in total. The van der Waals surface area contributed by atoms with Gasteiger partial charge in [0.25, 0.3) is 0 Å². The second-order valence-electron chi connectivity index (χ2n) is 19.2. The summed E-state index contributed by atoms with van der Waals surface area (Å²) in [6.45, 7) is 13.7. The summed E-state index contributed by atoms with van der Waals surface area (Å²) >= 11 is 0. The highest BCUT2D eigenvalue weighted by Gasteiger charge is 2.34. The summed E-state index contributed by atoms with van der Waals surface area (Å²) < 4.78 is 64.3. The maximum atomic E-state index is 11.4. The summed E-state index contributed by atoms with van der Waals surface area (Å²) in [6, 6.07) is 5.46. The molecule has 0 atom stereocenters. The van der Waals surface area contributed by atoms with Gasteiger partial charge < -0.3 is 123 Å². The molecule has 1 aromatic rings. The minimum Gasteiger partial charge on any atom is -0.493 e. The molecule has 0 spiro atoms. The molecule has 0 fully saturated rings. The Balaban J connectivity index is -0.00000116. The molecule has 30 heteroatoms. The van der Waals surface area contributed by atoms with Crippen molar-refractivity contribution in [3.63, 3.8) is 0 Å². The number of rotatable bonds is 63. The normalized spacial score (nSPS) is 11.4. The molecule has 30 nitrogen and oxygen atoms in total. The Morgan fingerprint density at radius 1 is 0.348 bits per heavy atom. The van der Waals surface area contributed by atoms with E-state index in [1.54, 1.807) is 21.3 Å². The quantitative estimate of drug-likeness (QED) is 0.0278. The summed E-state index contributed by atoms with van der Waals surface area (Å²) in [5.74, 6) is 1.85. The third-order valence-corrected chi connectivity index (χ3v) is 12.6. The molecule has 0 unspecified atom stereocenters. The van der Waals surface area contributed by atoms with Gasteiger partial charge in [0.05, 0.1) is 185 Å². The molecular formula is C59H118N4O26. The van der Waals surface area contributed by atoms with E-state index in [4.69, 9.17) is 118 Å². The van der Waals surface area contributed by atoms with Crippen LogP contribution in [0.5, 0.6) is 17.2 Å². The fourth-order valence-electron chi connectivity index (χ4n) is 7.63. The predicted molar refractivity (Wildman–Crippen MR) is 330 cm³/mol. The molecule has 1 aromatic carbocycles. The summed E-state index contributed by atoms with van der Waals surface area (Å²) in [5.41, 5.74) is -1.18. The third-order valence-electron chi connectivity index (χ3n) is 12.6. The van der Waals surface area contributed by atoms with Crippen LogP contribution in [-0.4, -0.2) is 390 Å². The van der Waals surface area contributed by atoms with Gasteiger partial charge in [-0.25, -0.2) is 0 Å². The number of benzene rings is 1. The van der Waals surface area contributed by atoms with Crippen LogP contribution >= 0.6 is 0 Å². The predicted octanol–water partition coefficient (Wildman–Crippen LogP) is -3.85. The number of carbonyl (C=O) groups excluding carboxylic acids is 2. The van der Waals surface area contributed by atoms with E-state index >= 15 is 0 Å². The van der Waals surface area contributed by atoms with Crippen molar-refractivity contribution in [2.45, 2.75) is 44.1 Å². The number of carbonyl (C=O) groups is 2. The van der Waals surface area contributed by atoms with E-state index in [0.29, 0.717) is 175 Å². The molecular weight excluding hydrogens is 1180 g/mol. The summed E-state index contributed by atoms with van der Waals surface area (Å²) in [7, 11) is 4.81. The summed E-state index contributed by atoms with van der Waals surface area (Å²) in [4.78, 5) is 30.7. The van der Waals surface area contributed by atoms with Gasteiger partial charge in [0.1, 0.15) is 18.2 Å². The van der Waals surface area contributed by atoms with Crippen LogP contribution in [0.25, 0.3) is 0 Å². The van der Waals surface area contributed by atoms with Gasteiger partial charge in [-0.1, -0.05) is 6.07 Å². The van der Waals surface area contributed by atoms with E-state index in [-0.39, 0.29) is 97.0 Å². The van der Waals surface area contributed by atoms with E-state index in [0.717, 1.165) is 45.6 Å². The highest BCUT2D eigenvalue weighted by atomic mass is 16.6. The number of ketones is 2. The van der Waals surface area contributed by atoms with Gasteiger partial charge in [-0.3, -0.25) is 24.3 Å². The minimum absolute atomic E-state index is 0.0141. The van der Waals surface area contributed by atoms with Crippen molar-refractivity contribution in [1.29, 1.82) is 0 Å².